The van der Waals surface area contributed by atoms with Crippen LogP contribution in [0.4, 0.5) is 0 Å². The summed E-state index contributed by atoms with van der Waals surface area (Å²) in [6.07, 6.45) is 0. The maximum Gasteiger partial charge on any atom is 0.243 e. The van der Waals surface area contributed by atoms with Crippen LogP contribution in [0, 0.1) is 11.8 Å². The van der Waals surface area contributed by atoms with E-state index in [2.05, 4.69) is 42.5 Å². The van der Waals surface area contributed by atoms with Crippen LogP contribution >= 0.6 is 11.8 Å². The molecule has 9 heteroatoms. The van der Waals surface area contributed by atoms with E-state index in [1.165, 1.54) is 4.31 Å². The molecule has 1 aromatic heterocycles. The number of hydrogen-bond donors (Lipinski definition) is 0. The van der Waals surface area contributed by atoms with Gasteiger partial charge in [-0.3, -0.25) is 0 Å². The Morgan fingerprint density at radius 2 is 1.83 bits per heavy atom. The fourth-order valence-corrected chi connectivity index (χ4v) is 5.46. The lowest BCUT2D eigenvalue weighted by Gasteiger charge is -2.26. The number of sulfonamides is 1. The zero-order valence-corrected chi connectivity index (χ0v) is 19.2. The Balaban J connectivity index is 1.95. The summed E-state index contributed by atoms with van der Waals surface area (Å²) in [4.78, 5) is 0.285. The Hall–Kier alpha value is -1.42. The van der Waals surface area contributed by atoms with E-state index in [-0.39, 0.29) is 4.90 Å². The fourth-order valence-electron chi connectivity index (χ4n) is 3.11. The van der Waals surface area contributed by atoms with E-state index in [9.17, 15) is 8.42 Å². The Morgan fingerprint density at radius 3 is 2.48 bits per heavy atom. The molecular weight excluding hydrogens is 408 g/mol. The second-order valence-electron chi connectivity index (χ2n) is 8.06. The highest BCUT2D eigenvalue weighted by atomic mass is 32.2. The first kappa shape index (κ1) is 22.3. The van der Waals surface area contributed by atoms with E-state index in [1.54, 1.807) is 30.0 Å². The number of thioether (sulfide) groups is 1. The van der Waals surface area contributed by atoms with Gasteiger partial charge in [-0.2, -0.15) is 4.31 Å². The van der Waals surface area contributed by atoms with Crippen LogP contribution in [-0.2, 0) is 21.3 Å². The molecular formula is C20H30N4O3S2. The number of benzene rings is 1. The van der Waals surface area contributed by atoms with Crippen LogP contribution in [0.25, 0.3) is 11.4 Å². The molecule has 1 fully saturated rings. The molecule has 29 heavy (non-hydrogen) atoms. The van der Waals surface area contributed by atoms with Gasteiger partial charge in [-0.05, 0) is 24.0 Å². The smallest absolute Gasteiger partial charge is 0.243 e. The van der Waals surface area contributed by atoms with Gasteiger partial charge in [0.2, 0.25) is 10.0 Å². The highest BCUT2D eigenvalue weighted by Crippen LogP contribution is 2.28. The maximum absolute atomic E-state index is 13.0. The van der Waals surface area contributed by atoms with Gasteiger partial charge in [0.25, 0.3) is 0 Å². The second-order valence-corrected chi connectivity index (χ2v) is 11.0. The van der Waals surface area contributed by atoms with Crippen molar-refractivity contribution in [3.8, 4) is 11.4 Å². The normalized spacial score (nSPS) is 16.1. The molecule has 0 atom stereocenters. The zero-order chi connectivity index (χ0) is 21.0. The molecule has 0 aliphatic carbocycles. The Labute approximate surface area is 177 Å². The third kappa shape index (κ3) is 5.39. The molecule has 0 N–H and O–H groups in total. The molecule has 0 radical (unpaired) electrons. The molecule has 0 bridgehead atoms. The number of morpholine rings is 1. The molecule has 1 aliphatic rings. The predicted octanol–water partition coefficient (Wildman–Crippen LogP) is 3.37. The van der Waals surface area contributed by atoms with Gasteiger partial charge in [-0.1, -0.05) is 51.6 Å². The number of nitrogens with zero attached hydrogens (tertiary/aromatic N) is 4. The largest absolute Gasteiger partial charge is 0.379 e. The second kappa shape index (κ2) is 9.59. The highest BCUT2D eigenvalue weighted by Gasteiger charge is 2.27. The van der Waals surface area contributed by atoms with Crippen molar-refractivity contribution in [3.63, 3.8) is 0 Å². The summed E-state index contributed by atoms with van der Waals surface area (Å²) in [7, 11) is -3.55. The minimum atomic E-state index is -3.55. The molecule has 0 saturated carbocycles. The standard InChI is InChI=1S/C20H30N4O3S2/c1-15(2)13-24-19(21-22-20(24)28-14-16(3)4)17-6-5-7-18(12-17)29(25,26)23-8-10-27-11-9-23/h5-7,12,15-16H,8-11,13-14H2,1-4H3. The van der Waals surface area contributed by atoms with Crippen molar-refractivity contribution < 1.29 is 13.2 Å². The van der Waals surface area contributed by atoms with Crippen LogP contribution in [0.1, 0.15) is 27.7 Å². The van der Waals surface area contributed by atoms with Crippen LogP contribution in [0.3, 0.4) is 0 Å². The summed E-state index contributed by atoms with van der Waals surface area (Å²) in [6, 6.07) is 7.03. The first-order valence-electron chi connectivity index (χ1n) is 10.0. The zero-order valence-electron chi connectivity index (χ0n) is 17.5. The fraction of sp³-hybridized carbons (Fsp3) is 0.600. The van der Waals surface area contributed by atoms with Gasteiger partial charge in [-0.15, -0.1) is 10.2 Å². The summed E-state index contributed by atoms with van der Waals surface area (Å²) in [5.41, 5.74) is 0.767. The first-order valence-corrected chi connectivity index (χ1v) is 12.5. The van der Waals surface area contributed by atoms with E-state index in [1.807, 2.05) is 6.07 Å². The van der Waals surface area contributed by atoms with Crippen molar-refractivity contribution in [2.45, 2.75) is 44.3 Å². The molecule has 0 unspecified atom stereocenters. The Kier molecular flexibility index (Phi) is 7.37. The van der Waals surface area contributed by atoms with Gasteiger partial charge in [-0.25, -0.2) is 8.42 Å². The van der Waals surface area contributed by atoms with E-state index in [0.29, 0.717) is 44.0 Å². The number of hydrogen-bond acceptors (Lipinski definition) is 6. The van der Waals surface area contributed by atoms with Crippen molar-refractivity contribution in [2.24, 2.45) is 11.8 Å². The first-order chi connectivity index (χ1) is 13.8. The molecule has 7 nitrogen and oxygen atoms in total. The lowest BCUT2D eigenvalue weighted by Crippen LogP contribution is -2.40. The maximum atomic E-state index is 13.0. The van der Waals surface area contributed by atoms with Crippen LogP contribution < -0.4 is 0 Å². The average molecular weight is 439 g/mol. The third-order valence-electron chi connectivity index (χ3n) is 4.51. The summed E-state index contributed by atoms with van der Waals surface area (Å²) in [6.45, 7) is 11.1. The van der Waals surface area contributed by atoms with E-state index in [4.69, 9.17) is 4.74 Å². The summed E-state index contributed by atoms with van der Waals surface area (Å²) >= 11 is 1.69. The molecule has 0 spiro atoms. The SMILES string of the molecule is CC(C)CSc1nnc(-c2cccc(S(=O)(=O)N3CCOCC3)c2)n1CC(C)C. The monoisotopic (exact) mass is 438 g/mol. The molecule has 1 saturated heterocycles. The highest BCUT2D eigenvalue weighted by molar-refractivity contribution is 7.99. The minimum absolute atomic E-state index is 0.285. The van der Waals surface area contributed by atoms with Crippen molar-refractivity contribution in [1.29, 1.82) is 0 Å². The lowest BCUT2D eigenvalue weighted by molar-refractivity contribution is 0.0730. The topological polar surface area (TPSA) is 77.3 Å². The van der Waals surface area contributed by atoms with Crippen LogP contribution in [0.15, 0.2) is 34.3 Å². The molecule has 3 rings (SSSR count). The van der Waals surface area contributed by atoms with Crippen LogP contribution in [-0.4, -0.2) is 59.5 Å². The van der Waals surface area contributed by atoms with Crippen LogP contribution in [0.2, 0.25) is 0 Å². The number of rotatable bonds is 8. The van der Waals surface area contributed by atoms with Crippen molar-refractivity contribution in [2.75, 3.05) is 32.1 Å². The minimum Gasteiger partial charge on any atom is -0.379 e. The summed E-state index contributed by atoms with van der Waals surface area (Å²) < 4.78 is 35.0. The molecule has 1 aliphatic heterocycles. The number of aromatic nitrogens is 3. The van der Waals surface area contributed by atoms with Gasteiger partial charge < -0.3 is 9.30 Å². The summed E-state index contributed by atoms with van der Waals surface area (Å²) in [5, 5.41) is 9.69. The van der Waals surface area contributed by atoms with E-state index in [0.717, 1.165) is 23.0 Å². The van der Waals surface area contributed by atoms with Crippen molar-refractivity contribution in [1.82, 2.24) is 19.1 Å². The molecule has 2 aromatic rings. The van der Waals surface area contributed by atoms with E-state index >= 15 is 0 Å². The molecule has 2 heterocycles. The van der Waals surface area contributed by atoms with Gasteiger partial charge in [0.05, 0.1) is 18.1 Å². The van der Waals surface area contributed by atoms with Crippen molar-refractivity contribution >= 4 is 21.8 Å². The van der Waals surface area contributed by atoms with Gasteiger partial charge >= 0.3 is 0 Å². The van der Waals surface area contributed by atoms with Gasteiger partial charge in [0.1, 0.15) is 0 Å². The Bertz CT molecular complexity index is 920. The predicted molar refractivity (Wildman–Crippen MR) is 115 cm³/mol. The summed E-state index contributed by atoms with van der Waals surface area (Å²) in [5.74, 6) is 2.64. The van der Waals surface area contributed by atoms with Gasteiger partial charge in [0.15, 0.2) is 11.0 Å². The molecule has 160 valence electrons. The lowest BCUT2D eigenvalue weighted by atomic mass is 10.2. The third-order valence-corrected chi connectivity index (χ3v) is 7.80. The average Bonchev–Trinajstić information content (AvgIpc) is 3.09. The van der Waals surface area contributed by atoms with Crippen molar-refractivity contribution in [3.05, 3.63) is 24.3 Å². The number of ether oxygens (including phenoxy) is 1. The van der Waals surface area contributed by atoms with E-state index < -0.39 is 10.0 Å². The quantitative estimate of drug-likeness (QED) is 0.588. The Morgan fingerprint density at radius 1 is 1.10 bits per heavy atom. The van der Waals surface area contributed by atoms with Gasteiger partial charge in [0, 0.05) is 31.0 Å². The molecule has 0 amide bonds. The van der Waals surface area contributed by atoms with Crippen LogP contribution in [0.5, 0.6) is 0 Å². The molecule has 1 aromatic carbocycles.